The minimum Gasteiger partial charge on any atom is -0.350 e. The molecule has 30 heavy (non-hydrogen) atoms. The predicted octanol–water partition coefficient (Wildman–Crippen LogP) is 3.89. The standard InChI is InChI=1S/C25H33N3O2/c1-18(2)21-8-10-22(11-9-21)24(29)28-23(16-19-6-4-3-5-7-19)25(30)27-17-20-12-14-26-15-13-20/h3-7,12-15,18,21-23H,8-11,16-17H2,1-2H3,(H,27,30)(H,28,29)/t21?,22?,23-/m0/s1. The molecule has 2 aromatic rings. The average Bonchev–Trinajstić information content (AvgIpc) is 2.78. The van der Waals surface area contributed by atoms with Crippen molar-refractivity contribution in [3.05, 3.63) is 66.0 Å². The van der Waals surface area contributed by atoms with E-state index in [-0.39, 0.29) is 17.7 Å². The topological polar surface area (TPSA) is 71.1 Å². The van der Waals surface area contributed by atoms with Gasteiger partial charge >= 0.3 is 0 Å². The van der Waals surface area contributed by atoms with Crippen molar-refractivity contribution in [2.45, 2.75) is 58.5 Å². The number of carbonyl (C=O) groups is 2. The second-order valence-corrected chi connectivity index (χ2v) is 8.68. The summed E-state index contributed by atoms with van der Waals surface area (Å²) in [4.78, 5) is 29.9. The van der Waals surface area contributed by atoms with Crippen molar-refractivity contribution >= 4 is 11.8 Å². The van der Waals surface area contributed by atoms with Crippen molar-refractivity contribution in [1.29, 1.82) is 0 Å². The highest BCUT2D eigenvalue weighted by atomic mass is 16.2. The van der Waals surface area contributed by atoms with Gasteiger partial charge in [0.05, 0.1) is 0 Å². The van der Waals surface area contributed by atoms with Crippen LogP contribution >= 0.6 is 0 Å². The van der Waals surface area contributed by atoms with Crippen LogP contribution in [0, 0.1) is 17.8 Å². The number of carbonyl (C=O) groups excluding carboxylic acids is 2. The van der Waals surface area contributed by atoms with E-state index in [0.717, 1.165) is 36.8 Å². The van der Waals surface area contributed by atoms with Crippen LogP contribution in [0.1, 0.15) is 50.7 Å². The number of nitrogens with zero attached hydrogens (tertiary/aromatic N) is 1. The van der Waals surface area contributed by atoms with Crippen molar-refractivity contribution in [3.8, 4) is 0 Å². The van der Waals surface area contributed by atoms with E-state index < -0.39 is 6.04 Å². The van der Waals surface area contributed by atoms with Gasteiger partial charge in [0.25, 0.3) is 0 Å². The summed E-state index contributed by atoms with van der Waals surface area (Å²) in [6, 6.07) is 13.0. The average molecular weight is 408 g/mol. The molecule has 0 spiro atoms. The van der Waals surface area contributed by atoms with E-state index in [9.17, 15) is 9.59 Å². The quantitative estimate of drug-likeness (QED) is 0.697. The third-order valence-corrected chi connectivity index (χ3v) is 6.22. The lowest BCUT2D eigenvalue weighted by molar-refractivity contribution is -0.132. The monoisotopic (exact) mass is 407 g/mol. The molecule has 0 radical (unpaired) electrons. The van der Waals surface area contributed by atoms with Gasteiger partial charge in [0.1, 0.15) is 6.04 Å². The summed E-state index contributed by atoms with van der Waals surface area (Å²) in [5, 5.41) is 6.02. The van der Waals surface area contributed by atoms with Gasteiger partial charge in [-0.15, -0.1) is 0 Å². The van der Waals surface area contributed by atoms with E-state index in [1.165, 1.54) is 0 Å². The van der Waals surface area contributed by atoms with Crippen molar-refractivity contribution in [1.82, 2.24) is 15.6 Å². The van der Waals surface area contributed by atoms with Gasteiger partial charge in [-0.25, -0.2) is 0 Å². The molecule has 5 heteroatoms. The van der Waals surface area contributed by atoms with Crippen molar-refractivity contribution < 1.29 is 9.59 Å². The van der Waals surface area contributed by atoms with Crippen LogP contribution in [-0.4, -0.2) is 22.8 Å². The van der Waals surface area contributed by atoms with Crippen molar-refractivity contribution in [3.63, 3.8) is 0 Å². The summed E-state index contributed by atoms with van der Waals surface area (Å²) >= 11 is 0. The highest BCUT2D eigenvalue weighted by molar-refractivity contribution is 5.88. The van der Waals surface area contributed by atoms with E-state index in [0.29, 0.717) is 24.8 Å². The zero-order valence-electron chi connectivity index (χ0n) is 18.0. The fourth-order valence-electron chi connectivity index (χ4n) is 4.21. The number of pyridine rings is 1. The maximum absolute atomic E-state index is 13.0. The van der Waals surface area contributed by atoms with Crippen LogP contribution in [0.4, 0.5) is 0 Å². The summed E-state index contributed by atoms with van der Waals surface area (Å²) in [5.41, 5.74) is 2.01. The molecule has 2 amide bonds. The SMILES string of the molecule is CC(C)C1CCC(C(=O)N[C@@H](Cc2ccccc2)C(=O)NCc2ccncc2)CC1. The van der Waals surface area contributed by atoms with Crippen LogP contribution in [-0.2, 0) is 22.6 Å². The zero-order chi connectivity index (χ0) is 21.3. The van der Waals surface area contributed by atoms with Crippen LogP contribution in [0.25, 0.3) is 0 Å². The van der Waals surface area contributed by atoms with Crippen LogP contribution in [0.15, 0.2) is 54.9 Å². The van der Waals surface area contributed by atoms with E-state index in [4.69, 9.17) is 0 Å². The third kappa shape index (κ3) is 6.41. The molecular formula is C25H33N3O2. The molecule has 1 aromatic carbocycles. The fourth-order valence-corrected chi connectivity index (χ4v) is 4.21. The molecule has 1 saturated carbocycles. The third-order valence-electron chi connectivity index (χ3n) is 6.22. The molecule has 0 saturated heterocycles. The smallest absolute Gasteiger partial charge is 0.243 e. The zero-order valence-corrected chi connectivity index (χ0v) is 18.0. The van der Waals surface area contributed by atoms with E-state index in [1.54, 1.807) is 12.4 Å². The normalized spacial score (nSPS) is 19.8. The maximum atomic E-state index is 13.0. The van der Waals surface area contributed by atoms with Crippen LogP contribution in [0.2, 0.25) is 0 Å². The molecule has 1 aliphatic carbocycles. The number of benzene rings is 1. The van der Waals surface area contributed by atoms with Crippen LogP contribution in [0.3, 0.4) is 0 Å². The largest absolute Gasteiger partial charge is 0.350 e. The minimum atomic E-state index is -0.579. The molecule has 1 atom stereocenters. The Kier molecular flexibility index (Phi) is 8.00. The lowest BCUT2D eigenvalue weighted by Gasteiger charge is -2.31. The molecule has 1 fully saturated rings. The first kappa shape index (κ1) is 22.0. The summed E-state index contributed by atoms with van der Waals surface area (Å²) in [6.07, 6.45) is 7.89. The summed E-state index contributed by atoms with van der Waals surface area (Å²) in [6.45, 7) is 4.93. The molecule has 0 bridgehead atoms. The summed E-state index contributed by atoms with van der Waals surface area (Å²) in [7, 11) is 0. The Morgan fingerprint density at radius 2 is 1.63 bits per heavy atom. The number of hydrogen-bond acceptors (Lipinski definition) is 3. The van der Waals surface area contributed by atoms with Gasteiger partial charge in [0, 0.05) is 31.3 Å². The number of amides is 2. The molecule has 1 aromatic heterocycles. The highest BCUT2D eigenvalue weighted by Crippen LogP contribution is 2.33. The van der Waals surface area contributed by atoms with Gasteiger partial charge in [-0.1, -0.05) is 44.2 Å². The second-order valence-electron chi connectivity index (χ2n) is 8.68. The fraction of sp³-hybridized carbons (Fsp3) is 0.480. The molecule has 3 rings (SSSR count). The van der Waals surface area contributed by atoms with Crippen LogP contribution in [0.5, 0.6) is 0 Å². The summed E-state index contributed by atoms with van der Waals surface area (Å²) in [5.74, 6) is 1.24. The molecule has 2 N–H and O–H groups in total. The van der Waals surface area contributed by atoms with Gasteiger partial charge in [-0.3, -0.25) is 14.6 Å². The number of nitrogens with one attached hydrogen (secondary N) is 2. The predicted molar refractivity (Wildman–Crippen MR) is 118 cm³/mol. The Hall–Kier alpha value is -2.69. The summed E-state index contributed by atoms with van der Waals surface area (Å²) < 4.78 is 0. The molecule has 1 aliphatic rings. The van der Waals surface area contributed by atoms with E-state index >= 15 is 0 Å². The molecule has 0 aliphatic heterocycles. The number of rotatable bonds is 8. The first-order valence-electron chi connectivity index (χ1n) is 11.0. The van der Waals surface area contributed by atoms with Gasteiger partial charge < -0.3 is 10.6 Å². The first-order chi connectivity index (χ1) is 14.5. The Bertz CT molecular complexity index is 800. The molecule has 5 nitrogen and oxygen atoms in total. The number of aromatic nitrogens is 1. The minimum absolute atomic E-state index is 0.00581. The molecule has 160 valence electrons. The van der Waals surface area contributed by atoms with E-state index in [1.807, 2.05) is 42.5 Å². The molecular weight excluding hydrogens is 374 g/mol. The number of hydrogen-bond donors (Lipinski definition) is 2. The Morgan fingerprint density at radius 1 is 0.967 bits per heavy atom. The molecule has 1 heterocycles. The Labute approximate surface area is 179 Å². The highest BCUT2D eigenvalue weighted by Gasteiger charge is 2.30. The Morgan fingerprint density at radius 3 is 2.27 bits per heavy atom. The molecule has 0 unspecified atom stereocenters. The Balaban J connectivity index is 1.62. The van der Waals surface area contributed by atoms with Gasteiger partial charge in [0.15, 0.2) is 0 Å². The first-order valence-corrected chi connectivity index (χ1v) is 11.0. The lowest BCUT2D eigenvalue weighted by atomic mass is 9.76. The maximum Gasteiger partial charge on any atom is 0.243 e. The van der Waals surface area contributed by atoms with Gasteiger partial charge in [0.2, 0.25) is 11.8 Å². The van der Waals surface area contributed by atoms with Crippen LogP contribution < -0.4 is 10.6 Å². The van der Waals surface area contributed by atoms with Gasteiger partial charge in [-0.05, 0) is 60.8 Å². The van der Waals surface area contributed by atoms with Gasteiger partial charge in [-0.2, -0.15) is 0 Å². The van der Waals surface area contributed by atoms with Crippen molar-refractivity contribution in [2.75, 3.05) is 0 Å². The lowest BCUT2D eigenvalue weighted by Crippen LogP contribution is -2.49. The van der Waals surface area contributed by atoms with E-state index in [2.05, 4.69) is 29.5 Å². The van der Waals surface area contributed by atoms with Crippen molar-refractivity contribution in [2.24, 2.45) is 17.8 Å². The second kappa shape index (κ2) is 10.9.